The molecule has 4 heteroatoms. The molecule has 0 aliphatic rings. The summed E-state index contributed by atoms with van der Waals surface area (Å²) in [6.07, 6.45) is 0.948. The van der Waals surface area contributed by atoms with Crippen molar-refractivity contribution in [1.29, 1.82) is 0 Å². The third kappa shape index (κ3) is 3.88. The molecule has 0 bridgehead atoms. The lowest BCUT2D eigenvalue weighted by Crippen LogP contribution is -2.43. The number of halogens is 1. The standard InChI is InChI=1S/C14H23FN2O/c1-10(2)8-14(3,9-16)17-11-5-6-12(15)13(7-11)18-4/h5-7,10,17H,8-9,16H2,1-4H3. The molecule has 0 aromatic heterocycles. The molecule has 1 aromatic rings. The highest BCUT2D eigenvalue weighted by Crippen LogP contribution is 2.26. The lowest BCUT2D eigenvalue weighted by Gasteiger charge is -2.32. The van der Waals surface area contributed by atoms with Crippen LogP contribution in [-0.2, 0) is 0 Å². The zero-order valence-corrected chi connectivity index (χ0v) is 11.6. The number of hydrogen-bond donors (Lipinski definition) is 2. The van der Waals surface area contributed by atoms with Gasteiger partial charge in [-0.1, -0.05) is 13.8 Å². The molecule has 0 aliphatic heterocycles. The molecular weight excluding hydrogens is 231 g/mol. The molecule has 0 spiro atoms. The normalized spacial score (nSPS) is 14.4. The second kappa shape index (κ2) is 6.05. The van der Waals surface area contributed by atoms with E-state index in [9.17, 15) is 4.39 Å². The van der Waals surface area contributed by atoms with Gasteiger partial charge in [0, 0.05) is 23.8 Å². The molecule has 1 atom stereocenters. The van der Waals surface area contributed by atoms with Gasteiger partial charge in [0.25, 0.3) is 0 Å². The average Bonchev–Trinajstić information content (AvgIpc) is 2.30. The third-order valence-corrected chi connectivity index (χ3v) is 2.91. The highest BCUT2D eigenvalue weighted by atomic mass is 19.1. The summed E-state index contributed by atoms with van der Waals surface area (Å²) in [4.78, 5) is 0. The van der Waals surface area contributed by atoms with E-state index in [1.807, 2.05) is 0 Å². The summed E-state index contributed by atoms with van der Waals surface area (Å²) >= 11 is 0. The van der Waals surface area contributed by atoms with Gasteiger partial charge in [-0.2, -0.15) is 0 Å². The van der Waals surface area contributed by atoms with E-state index in [0.717, 1.165) is 12.1 Å². The van der Waals surface area contributed by atoms with Crippen LogP contribution >= 0.6 is 0 Å². The van der Waals surface area contributed by atoms with Crippen LogP contribution in [0.5, 0.6) is 5.75 Å². The second-order valence-electron chi connectivity index (χ2n) is 5.34. The Bertz CT molecular complexity index is 395. The van der Waals surface area contributed by atoms with Gasteiger partial charge in [-0.25, -0.2) is 4.39 Å². The highest BCUT2D eigenvalue weighted by Gasteiger charge is 2.23. The van der Waals surface area contributed by atoms with E-state index in [1.54, 1.807) is 12.1 Å². The van der Waals surface area contributed by atoms with Crippen molar-refractivity contribution in [2.45, 2.75) is 32.7 Å². The zero-order valence-electron chi connectivity index (χ0n) is 11.6. The van der Waals surface area contributed by atoms with Crippen LogP contribution in [0.25, 0.3) is 0 Å². The van der Waals surface area contributed by atoms with Gasteiger partial charge >= 0.3 is 0 Å². The predicted molar refractivity (Wildman–Crippen MR) is 73.5 cm³/mol. The highest BCUT2D eigenvalue weighted by molar-refractivity contribution is 5.50. The van der Waals surface area contributed by atoms with Gasteiger partial charge in [-0.15, -0.1) is 0 Å². The molecule has 0 radical (unpaired) electrons. The predicted octanol–water partition coefficient (Wildman–Crippen LogP) is 3.01. The van der Waals surface area contributed by atoms with Gasteiger partial charge in [0.15, 0.2) is 11.6 Å². The van der Waals surface area contributed by atoms with E-state index in [2.05, 4.69) is 26.1 Å². The van der Waals surface area contributed by atoms with Crippen molar-refractivity contribution >= 4 is 5.69 Å². The van der Waals surface area contributed by atoms with E-state index in [1.165, 1.54) is 13.2 Å². The van der Waals surface area contributed by atoms with Crippen LogP contribution < -0.4 is 15.8 Å². The average molecular weight is 254 g/mol. The van der Waals surface area contributed by atoms with E-state index in [-0.39, 0.29) is 17.1 Å². The van der Waals surface area contributed by atoms with E-state index in [0.29, 0.717) is 12.5 Å². The van der Waals surface area contributed by atoms with Crippen LogP contribution in [0, 0.1) is 11.7 Å². The first-order chi connectivity index (χ1) is 8.40. The summed E-state index contributed by atoms with van der Waals surface area (Å²) in [5.74, 6) is 0.415. The van der Waals surface area contributed by atoms with Gasteiger partial charge < -0.3 is 15.8 Å². The topological polar surface area (TPSA) is 47.3 Å². The minimum atomic E-state index is -0.360. The quantitative estimate of drug-likeness (QED) is 0.820. The molecule has 1 unspecified atom stereocenters. The van der Waals surface area contributed by atoms with Crippen molar-refractivity contribution in [3.8, 4) is 5.75 Å². The first kappa shape index (κ1) is 14.8. The van der Waals surface area contributed by atoms with Gasteiger partial charge in [0.05, 0.1) is 7.11 Å². The van der Waals surface area contributed by atoms with Crippen LogP contribution in [0.15, 0.2) is 18.2 Å². The Balaban J connectivity index is 2.87. The minimum Gasteiger partial charge on any atom is -0.494 e. The lowest BCUT2D eigenvalue weighted by atomic mass is 9.90. The van der Waals surface area contributed by atoms with Crippen molar-refractivity contribution < 1.29 is 9.13 Å². The van der Waals surface area contributed by atoms with Crippen molar-refractivity contribution in [3.63, 3.8) is 0 Å². The number of ether oxygens (including phenoxy) is 1. The monoisotopic (exact) mass is 254 g/mol. The van der Waals surface area contributed by atoms with Crippen LogP contribution in [0.2, 0.25) is 0 Å². The minimum absolute atomic E-state index is 0.197. The number of benzene rings is 1. The maximum atomic E-state index is 13.3. The number of nitrogens with two attached hydrogens (primary N) is 1. The molecule has 0 heterocycles. The van der Waals surface area contributed by atoms with Gasteiger partial charge in [0.2, 0.25) is 0 Å². The SMILES string of the molecule is COc1cc(NC(C)(CN)CC(C)C)ccc1F. The maximum Gasteiger partial charge on any atom is 0.165 e. The maximum absolute atomic E-state index is 13.3. The Morgan fingerprint density at radius 2 is 2.11 bits per heavy atom. The van der Waals surface area contributed by atoms with Gasteiger partial charge in [-0.3, -0.25) is 0 Å². The second-order valence-corrected chi connectivity index (χ2v) is 5.34. The van der Waals surface area contributed by atoms with Crippen molar-refractivity contribution in [1.82, 2.24) is 0 Å². The fraction of sp³-hybridized carbons (Fsp3) is 0.571. The van der Waals surface area contributed by atoms with Crippen molar-refractivity contribution in [3.05, 3.63) is 24.0 Å². The van der Waals surface area contributed by atoms with E-state index < -0.39 is 0 Å². The molecule has 102 valence electrons. The molecule has 0 aliphatic carbocycles. The third-order valence-electron chi connectivity index (χ3n) is 2.91. The van der Waals surface area contributed by atoms with Crippen molar-refractivity contribution in [2.24, 2.45) is 11.7 Å². The molecule has 0 fully saturated rings. The van der Waals surface area contributed by atoms with Gasteiger partial charge in [0.1, 0.15) is 0 Å². The Labute approximate surface area is 109 Å². The Kier molecular flexibility index (Phi) is 4.96. The summed E-state index contributed by atoms with van der Waals surface area (Å²) < 4.78 is 18.3. The van der Waals surface area contributed by atoms with Gasteiger partial charge in [-0.05, 0) is 31.4 Å². The fourth-order valence-electron chi connectivity index (χ4n) is 2.17. The van der Waals surface area contributed by atoms with E-state index >= 15 is 0 Å². The first-order valence-corrected chi connectivity index (χ1v) is 6.22. The van der Waals surface area contributed by atoms with Crippen molar-refractivity contribution in [2.75, 3.05) is 19.0 Å². The largest absolute Gasteiger partial charge is 0.494 e. The van der Waals surface area contributed by atoms with Crippen LogP contribution in [0.3, 0.4) is 0 Å². The molecule has 1 aromatic carbocycles. The zero-order chi connectivity index (χ0) is 13.8. The summed E-state index contributed by atoms with van der Waals surface area (Å²) in [7, 11) is 1.46. The molecule has 0 saturated carbocycles. The van der Waals surface area contributed by atoms with Crippen LogP contribution in [0.1, 0.15) is 27.2 Å². The number of anilines is 1. The smallest absolute Gasteiger partial charge is 0.165 e. The number of hydrogen-bond acceptors (Lipinski definition) is 3. The summed E-state index contributed by atoms with van der Waals surface area (Å²) in [5, 5.41) is 3.37. The Morgan fingerprint density at radius 3 is 2.61 bits per heavy atom. The lowest BCUT2D eigenvalue weighted by molar-refractivity contribution is 0.385. The molecule has 1 rings (SSSR count). The first-order valence-electron chi connectivity index (χ1n) is 6.22. The fourth-order valence-corrected chi connectivity index (χ4v) is 2.17. The number of methoxy groups -OCH3 is 1. The molecule has 0 saturated heterocycles. The summed E-state index contributed by atoms with van der Waals surface area (Å²) in [6, 6.07) is 4.75. The number of nitrogens with one attached hydrogen (secondary N) is 1. The molecule has 0 amide bonds. The Hall–Kier alpha value is -1.29. The summed E-state index contributed by atoms with van der Waals surface area (Å²) in [6.45, 7) is 6.90. The van der Waals surface area contributed by atoms with Crippen LogP contribution in [-0.4, -0.2) is 19.2 Å². The molecule has 3 nitrogen and oxygen atoms in total. The molecular formula is C14H23FN2O. The van der Waals surface area contributed by atoms with Crippen LogP contribution in [0.4, 0.5) is 10.1 Å². The number of rotatable bonds is 6. The van der Waals surface area contributed by atoms with E-state index in [4.69, 9.17) is 10.5 Å². The Morgan fingerprint density at radius 1 is 1.44 bits per heavy atom. The molecule has 3 N–H and O–H groups in total. The summed E-state index contributed by atoms with van der Waals surface area (Å²) in [5.41, 5.74) is 6.46. The molecule has 18 heavy (non-hydrogen) atoms.